The first-order valence-electron chi connectivity index (χ1n) is 8.81. The molecule has 2 aromatic carbocycles. The summed E-state index contributed by atoms with van der Waals surface area (Å²) in [6.45, 7) is -0.934. The monoisotopic (exact) mass is 355 g/mol. The van der Waals surface area contributed by atoms with E-state index in [1.807, 2.05) is 48.5 Å². The third-order valence-corrected chi connectivity index (χ3v) is 4.20. The third-order valence-electron chi connectivity index (χ3n) is 4.20. The van der Waals surface area contributed by atoms with Crippen molar-refractivity contribution in [1.82, 2.24) is 0 Å². The average Bonchev–Trinajstić information content (AvgIpc) is 2.67. The molecule has 0 unspecified atom stereocenters. The molecule has 0 aromatic heterocycles. The molecule has 0 spiro atoms. The second-order valence-corrected chi connectivity index (χ2v) is 6.26. The first-order chi connectivity index (χ1) is 12.6. The Kier molecular flexibility index (Phi) is 7.99. The van der Waals surface area contributed by atoms with Gasteiger partial charge in [0.2, 0.25) is 5.91 Å². The Morgan fingerprint density at radius 3 is 2.15 bits per heavy atom. The van der Waals surface area contributed by atoms with Crippen LogP contribution in [0.4, 0.5) is 5.69 Å². The van der Waals surface area contributed by atoms with Crippen molar-refractivity contribution < 1.29 is 19.8 Å². The van der Waals surface area contributed by atoms with Gasteiger partial charge in [0, 0.05) is 12.1 Å². The summed E-state index contributed by atoms with van der Waals surface area (Å²) in [5.74, 6) is -0.582. The molecule has 0 heterocycles. The lowest BCUT2D eigenvalue weighted by Crippen LogP contribution is -2.16. The minimum atomic E-state index is -0.520. The number of nitrogens with one attached hydrogen (secondary N) is 1. The van der Waals surface area contributed by atoms with E-state index in [-0.39, 0.29) is 12.2 Å². The summed E-state index contributed by atoms with van der Waals surface area (Å²) < 4.78 is 0. The predicted octanol–water partition coefficient (Wildman–Crippen LogP) is 2.29. The fourth-order valence-corrected chi connectivity index (χ4v) is 2.80. The minimum absolute atomic E-state index is 0.176. The molecule has 3 N–H and O–H groups in total. The van der Waals surface area contributed by atoms with Crippen molar-refractivity contribution in [2.45, 2.75) is 32.1 Å². The largest absolute Gasteiger partial charge is 0.389 e. The van der Waals surface area contributed by atoms with Crippen molar-refractivity contribution in [2.24, 2.45) is 0 Å². The van der Waals surface area contributed by atoms with E-state index in [0.717, 1.165) is 42.5 Å². The molecule has 0 atom stereocenters. The molecule has 2 rings (SSSR count). The number of carbonyl (C=O) groups is 2. The maximum absolute atomic E-state index is 11.4. The number of aliphatic hydroxyl groups is 2. The minimum Gasteiger partial charge on any atom is -0.389 e. The molecule has 0 saturated carbocycles. The zero-order valence-corrected chi connectivity index (χ0v) is 14.8. The molecule has 0 saturated heterocycles. The Bertz CT molecular complexity index is 725. The van der Waals surface area contributed by atoms with Crippen LogP contribution in [0.1, 0.15) is 29.5 Å². The van der Waals surface area contributed by atoms with Gasteiger partial charge in [-0.2, -0.15) is 0 Å². The average molecular weight is 355 g/mol. The highest BCUT2D eigenvalue weighted by Gasteiger charge is 2.06. The van der Waals surface area contributed by atoms with Gasteiger partial charge in [0.1, 0.15) is 13.2 Å². The Morgan fingerprint density at radius 2 is 1.46 bits per heavy atom. The van der Waals surface area contributed by atoms with E-state index in [1.54, 1.807) is 0 Å². The van der Waals surface area contributed by atoms with Crippen molar-refractivity contribution in [3.8, 4) is 0 Å². The van der Waals surface area contributed by atoms with Crippen molar-refractivity contribution in [3.05, 3.63) is 65.2 Å². The van der Waals surface area contributed by atoms with Gasteiger partial charge in [-0.3, -0.25) is 9.59 Å². The highest BCUT2D eigenvalue weighted by Crippen LogP contribution is 2.18. The maximum atomic E-state index is 11.4. The summed E-state index contributed by atoms with van der Waals surface area (Å²) in [5.41, 5.74) is 3.95. The van der Waals surface area contributed by atoms with Crippen LogP contribution in [0.3, 0.4) is 0 Å². The lowest BCUT2D eigenvalue weighted by Gasteiger charge is -2.10. The van der Waals surface area contributed by atoms with E-state index >= 15 is 0 Å². The molecule has 5 nitrogen and oxygen atoms in total. The topological polar surface area (TPSA) is 86.6 Å². The fraction of sp³-hybridized carbons (Fsp3) is 0.333. The van der Waals surface area contributed by atoms with E-state index in [0.29, 0.717) is 0 Å². The van der Waals surface area contributed by atoms with Gasteiger partial charge < -0.3 is 15.5 Å². The van der Waals surface area contributed by atoms with Crippen molar-refractivity contribution in [3.63, 3.8) is 0 Å². The van der Waals surface area contributed by atoms with Gasteiger partial charge in [-0.1, -0.05) is 42.5 Å². The number of benzene rings is 2. The van der Waals surface area contributed by atoms with Gasteiger partial charge in [-0.15, -0.1) is 0 Å². The Balaban J connectivity index is 1.80. The number of aliphatic hydroxyl groups excluding tert-OH is 2. The molecule has 0 radical (unpaired) electrons. The maximum Gasteiger partial charge on any atom is 0.250 e. The second kappa shape index (κ2) is 10.5. The Morgan fingerprint density at radius 1 is 0.808 bits per heavy atom. The van der Waals surface area contributed by atoms with Gasteiger partial charge in [-0.25, -0.2) is 0 Å². The molecule has 0 bridgehead atoms. The van der Waals surface area contributed by atoms with Crippen LogP contribution in [0.2, 0.25) is 0 Å². The van der Waals surface area contributed by atoms with E-state index in [2.05, 4.69) is 5.32 Å². The van der Waals surface area contributed by atoms with E-state index < -0.39 is 19.1 Å². The third kappa shape index (κ3) is 6.43. The molecule has 138 valence electrons. The molecule has 0 fully saturated rings. The molecule has 1 amide bonds. The zero-order chi connectivity index (χ0) is 18.8. The first-order valence-corrected chi connectivity index (χ1v) is 8.81. The SMILES string of the molecule is O=C(CO)Cc1ccc(CCCCc2ccccc2NC(=O)CO)cc1. The van der Waals surface area contributed by atoms with E-state index in [9.17, 15) is 9.59 Å². The Hall–Kier alpha value is -2.50. The quantitative estimate of drug-likeness (QED) is 0.571. The summed E-state index contributed by atoms with van der Waals surface area (Å²) >= 11 is 0. The van der Waals surface area contributed by atoms with Gasteiger partial charge >= 0.3 is 0 Å². The van der Waals surface area contributed by atoms with Crippen LogP contribution >= 0.6 is 0 Å². The van der Waals surface area contributed by atoms with Crippen LogP contribution in [-0.2, 0) is 28.9 Å². The number of hydrogen-bond acceptors (Lipinski definition) is 4. The van der Waals surface area contributed by atoms with Crippen LogP contribution in [0.5, 0.6) is 0 Å². The number of rotatable bonds is 10. The summed E-state index contributed by atoms with van der Waals surface area (Å²) in [4.78, 5) is 22.6. The summed E-state index contributed by atoms with van der Waals surface area (Å²) in [5, 5.41) is 20.4. The van der Waals surface area contributed by atoms with Crippen LogP contribution in [0.15, 0.2) is 48.5 Å². The number of amides is 1. The first kappa shape index (κ1) is 19.8. The highest BCUT2D eigenvalue weighted by molar-refractivity contribution is 5.92. The zero-order valence-electron chi connectivity index (χ0n) is 14.8. The van der Waals surface area contributed by atoms with Gasteiger partial charge in [0.15, 0.2) is 5.78 Å². The fourth-order valence-electron chi connectivity index (χ4n) is 2.80. The van der Waals surface area contributed by atoms with Crippen molar-refractivity contribution >= 4 is 17.4 Å². The van der Waals surface area contributed by atoms with Gasteiger partial charge in [0.05, 0.1) is 0 Å². The lowest BCUT2D eigenvalue weighted by atomic mass is 10.0. The molecule has 5 heteroatoms. The van der Waals surface area contributed by atoms with Crippen LogP contribution in [0, 0.1) is 0 Å². The van der Waals surface area contributed by atoms with Gasteiger partial charge in [-0.05, 0) is 48.4 Å². The van der Waals surface area contributed by atoms with Gasteiger partial charge in [0.25, 0.3) is 0 Å². The molecular weight excluding hydrogens is 330 g/mol. The molecule has 26 heavy (non-hydrogen) atoms. The number of ketones is 1. The van der Waals surface area contributed by atoms with Crippen LogP contribution in [0.25, 0.3) is 0 Å². The van der Waals surface area contributed by atoms with Crippen LogP contribution < -0.4 is 5.32 Å². The number of para-hydroxylation sites is 1. The summed E-state index contributed by atoms with van der Waals surface area (Å²) in [6, 6.07) is 15.5. The molecule has 0 aliphatic rings. The normalized spacial score (nSPS) is 10.5. The molecular formula is C21H25NO4. The standard InChI is InChI=1S/C21H25NO4/c23-14-19(25)13-17-11-9-16(10-12-17)5-1-2-6-18-7-3-4-8-20(18)22-21(26)15-24/h3-4,7-12,23-24H,1-2,5-6,13-15H2,(H,22,26). The Labute approximate surface area is 153 Å². The molecule has 0 aliphatic heterocycles. The number of unbranched alkanes of at least 4 members (excludes halogenated alkanes) is 1. The predicted molar refractivity (Wildman–Crippen MR) is 101 cm³/mol. The number of hydrogen-bond donors (Lipinski definition) is 3. The van der Waals surface area contributed by atoms with Crippen molar-refractivity contribution in [1.29, 1.82) is 0 Å². The molecule has 0 aliphatic carbocycles. The summed E-state index contributed by atoms with van der Waals surface area (Å²) in [7, 11) is 0. The second-order valence-electron chi connectivity index (χ2n) is 6.26. The number of aryl methyl sites for hydroxylation is 2. The lowest BCUT2D eigenvalue weighted by molar-refractivity contribution is -0.121. The summed E-state index contributed by atoms with van der Waals surface area (Å²) in [6.07, 6.45) is 4.06. The van der Waals surface area contributed by atoms with Crippen molar-refractivity contribution in [2.75, 3.05) is 18.5 Å². The van der Waals surface area contributed by atoms with E-state index in [4.69, 9.17) is 10.2 Å². The number of carbonyl (C=O) groups excluding carboxylic acids is 2. The van der Waals surface area contributed by atoms with E-state index in [1.165, 1.54) is 5.56 Å². The smallest absolute Gasteiger partial charge is 0.250 e. The van der Waals surface area contributed by atoms with Crippen LogP contribution in [-0.4, -0.2) is 35.1 Å². The number of anilines is 1. The highest BCUT2D eigenvalue weighted by atomic mass is 16.3. The number of Topliss-reactive ketones (excluding diaryl/α,β-unsaturated/α-hetero) is 1. The molecule has 2 aromatic rings.